The number of nitrogens with zero attached hydrogens (tertiary/aromatic N) is 1. The van der Waals surface area contributed by atoms with Crippen LogP contribution in [-0.4, -0.2) is 4.98 Å². The van der Waals surface area contributed by atoms with E-state index in [1.165, 1.54) is 56.9 Å². The van der Waals surface area contributed by atoms with Crippen LogP contribution in [0.3, 0.4) is 0 Å². The molecule has 25 heavy (non-hydrogen) atoms. The maximum atomic E-state index is 6.51. The summed E-state index contributed by atoms with van der Waals surface area (Å²) in [7, 11) is 0. The Morgan fingerprint density at radius 1 is 0.760 bits per heavy atom. The quantitative estimate of drug-likeness (QED) is 0.351. The molecule has 0 unspecified atom stereocenters. The van der Waals surface area contributed by atoms with Crippen molar-refractivity contribution in [2.75, 3.05) is 5.73 Å². The van der Waals surface area contributed by atoms with Gasteiger partial charge in [0.2, 0.25) is 0 Å². The van der Waals surface area contributed by atoms with Gasteiger partial charge in [-0.1, -0.05) is 82.2 Å². The van der Waals surface area contributed by atoms with Crippen molar-refractivity contribution in [1.29, 1.82) is 0 Å². The lowest BCUT2D eigenvalue weighted by molar-refractivity contribution is 0.576. The van der Waals surface area contributed by atoms with Crippen molar-refractivity contribution in [2.45, 2.75) is 64.7 Å². The average Bonchev–Trinajstić information content (AvgIpc) is 2.64. The molecule has 132 valence electrons. The predicted molar refractivity (Wildman–Crippen MR) is 110 cm³/mol. The van der Waals surface area contributed by atoms with Crippen molar-refractivity contribution >= 4 is 27.5 Å². The van der Waals surface area contributed by atoms with Crippen molar-refractivity contribution in [1.82, 2.24) is 4.98 Å². The molecule has 0 amide bonds. The highest BCUT2D eigenvalue weighted by Crippen LogP contribution is 2.31. The zero-order valence-corrected chi connectivity index (χ0v) is 15.4. The highest BCUT2D eigenvalue weighted by molar-refractivity contribution is 6.07. The van der Waals surface area contributed by atoms with Gasteiger partial charge in [-0.15, -0.1) is 0 Å². The summed E-state index contributed by atoms with van der Waals surface area (Å²) in [6.45, 7) is 2.27. The Labute approximate surface area is 151 Å². The summed E-state index contributed by atoms with van der Waals surface area (Å²) >= 11 is 0. The van der Waals surface area contributed by atoms with Crippen LogP contribution in [0.5, 0.6) is 0 Å². The van der Waals surface area contributed by atoms with E-state index in [4.69, 9.17) is 10.7 Å². The molecule has 0 aliphatic heterocycles. The smallest absolute Gasteiger partial charge is 0.0733 e. The van der Waals surface area contributed by atoms with Gasteiger partial charge in [0.05, 0.1) is 16.7 Å². The molecule has 0 spiro atoms. The van der Waals surface area contributed by atoms with Crippen molar-refractivity contribution in [2.24, 2.45) is 0 Å². The summed E-state index contributed by atoms with van der Waals surface area (Å²) in [5.41, 5.74) is 10.7. The Bertz CT molecular complexity index is 823. The monoisotopic (exact) mass is 334 g/mol. The van der Waals surface area contributed by atoms with Crippen LogP contribution in [0.25, 0.3) is 21.8 Å². The van der Waals surface area contributed by atoms with Gasteiger partial charge in [-0.05, 0) is 30.5 Å². The number of aromatic nitrogens is 1. The van der Waals surface area contributed by atoms with Crippen LogP contribution in [0.15, 0.2) is 42.5 Å². The maximum Gasteiger partial charge on any atom is 0.0733 e. The third-order valence-electron chi connectivity index (χ3n) is 5.13. The molecular formula is C23H30N2. The molecule has 0 atom stereocenters. The molecule has 0 bridgehead atoms. The van der Waals surface area contributed by atoms with Gasteiger partial charge in [-0.25, -0.2) is 4.98 Å². The summed E-state index contributed by atoms with van der Waals surface area (Å²) in [5, 5.41) is 2.22. The molecule has 2 nitrogen and oxygen atoms in total. The fourth-order valence-electron chi connectivity index (χ4n) is 3.71. The van der Waals surface area contributed by atoms with Crippen LogP contribution >= 0.6 is 0 Å². The number of pyridine rings is 1. The normalized spacial score (nSPS) is 11.4. The van der Waals surface area contributed by atoms with E-state index in [-0.39, 0.29) is 0 Å². The Morgan fingerprint density at radius 3 is 2.24 bits per heavy atom. The van der Waals surface area contributed by atoms with E-state index in [2.05, 4.69) is 31.2 Å². The fourth-order valence-corrected chi connectivity index (χ4v) is 3.71. The molecule has 2 N–H and O–H groups in total. The molecule has 3 aromatic rings. The number of hydrogen-bond donors (Lipinski definition) is 1. The maximum absolute atomic E-state index is 6.51. The van der Waals surface area contributed by atoms with Crippen LogP contribution in [0, 0.1) is 0 Å². The number of nitrogens with two attached hydrogens (primary N) is 1. The number of rotatable bonds is 9. The van der Waals surface area contributed by atoms with Gasteiger partial charge < -0.3 is 5.73 Å². The van der Waals surface area contributed by atoms with Gasteiger partial charge in [0.1, 0.15) is 0 Å². The lowest BCUT2D eigenvalue weighted by Gasteiger charge is -2.11. The molecule has 2 heteroatoms. The summed E-state index contributed by atoms with van der Waals surface area (Å²) in [5.74, 6) is 0. The highest BCUT2D eigenvalue weighted by Gasteiger charge is 2.09. The standard InChI is InChI=1S/C23H30N2/c1-2-3-4-5-6-7-8-9-13-18-14-12-17-21-22(18)23(24)19-15-10-11-16-20(19)25-21/h10-12,14-17H,2-9,13H2,1H3,(H2,24,25). The van der Waals surface area contributed by atoms with Gasteiger partial charge in [-0.2, -0.15) is 0 Å². The van der Waals surface area contributed by atoms with Gasteiger partial charge in [0.15, 0.2) is 0 Å². The molecule has 3 rings (SSSR count). The summed E-state index contributed by atoms with van der Waals surface area (Å²) in [4.78, 5) is 4.81. The van der Waals surface area contributed by atoms with E-state index >= 15 is 0 Å². The Balaban J connectivity index is 1.67. The van der Waals surface area contributed by atoms with Crippen LogP contribution < -0.4 is 5.73 Å². The van der Waals surface area contributed by atoms with Crippen molar-refractivity contribution < 1.29 is 0 Å². The van der Waals surface area contributed by atoms with E-state index in [0.29, 0.717) is 0 Å². The second-order valence-corrected chi connectivity index (χ2v) is 7.08. The minimum Gasteiger partial charge on any atom is -0.398 e. The van der Waals surface area contributed by atoms with Gasteiger partial charge in [-0.3, -0.25) is 0 Å². The van der Waals surface area contributed by atoms with Crippen LogP contribution in [0.4, 0.5) is 5.69 Å². The van der Waals surface area contributed by atoms with Gasteiger partial charge in [0, 0.05) is 10.8 Å². The number of anilines is 1. The second-order valence-electron chi connectivity index (χ2n) is 7.08. The molecule has 0 aliphatic rings. The van der Waals surface area contributed by atoms with Crippen molar-refractivity contribution in [3.8, 4) is 0 Å². The number of nitrogen functional groups attached to an aromatic ring is 1. The molecular weight excluding hydrogens is 304 g/mol. The molecule has 0 fully saturated rings. The third kappa shape index (κ3) is 4.31. The zero-order valence-electron chi connectivity index (χ0n) is 15.4. The lowest BCUT2D eigenvalue weighted by atomic mass is 9.98. The van der Waals surface area contributed by atoms with E-state index in [0.717, 1.165) is 33.9 Å². The van der Waals surface area contributed by atoms with E-state index < -0.39 is 0 Å². The minimum atomic E-state index is 0.885. The molecule has 1 aromatic heterocycles. The number of unbranched alkanes of at least 4 members (excludes halogenated alkanes) is 7. The number of hydrogen-bond acceptors (Lipinski definition) is 2. The van der Waals surface area contributed by atoms with Crippen LogP contribution in [0.2, 0.25) is 0 Å². The van der Waals surface area contributed by atoms with Crippen molar-refractivity contribution in [3.05, 3.63) is 48.0 Å². The van der Waals surface area contributed by atoms with E-state index in [1.807, 2.05) is 18.2 Å². The SMILES string of the molecule is CCCCCCCCCCc1cccc2nc3ccccc3c(N)c12. The first-order chi connectivity index (χ1) is 12.3. The van der Waals surface area contributed by atoms with Gasteiger partial charge in [0.25, 0.3) is 0 Å². The Hall–Kier alpha value is -2.09. The number of aryl methyl sites for hydroxylation is 1. The molecule has 0 radical (unpaired) electrons. The fraction of sp³-hybridized carbons (Fsp3) is 0.435. The minimum absolute atomic E-state index is 0.885. The molecule has 1 heterocycles. The summed E-state index contributed by atoms with van der Waals surface area (Å²) in [6, 6.07) is 14.6. The molecule has 0 saturated heterocycles. The highest BCUT2D eigenvalue weighted by atomic mass is 14.7. The van der Waals surface area contributed by atoms with E-state index in [1.54, 1.807) is 0 Å². The Kier molecular flexibility index (Phi) is 6.27. The van der Waals surface area contributed by atoms with Crippen LogP contribution in [-0.2, 0) is 6.42 Å². The van der Waals surface area contributed by atoms with Crippen molar-refractivity contribution in [3.63, 3.8) is 0 Å². The predicted octanol–water partition coefficient (Wildman–Crippen LogP) is 6.65. The first kappa shape index (κ1) is 17.7. The lowest BCUT2D eigenvalue weighted by Crippen LogP contribution is -1.97. The second kappa shape index (κ2) is 8.84. The third-order valence-corrected chi connectivity index (χ3v) is 5.13. The number of para-hydroxylation sites is 1. The molecule has 0 aliphatic carbocycles. The zero-order chi connectivity index (χ0) is 17.5. The van der Waals surface area contributed by atoms with E-state index in [9.17, 15) is 0 Å². The number of benzene rings is 2. The first-order valence-corrected chi connectivity index (χ1v) is 9.87. The van der Waals surface area contributed by atoms with Crippen LogP contribution in [0.1, 0.15) is 63.9 Å². The number of fused-ring (bicyclic) bond motifs is 2. The largest absolute Gasteiger partial charge is 0.398 e. The average molecular weight is 335 g/mol. The van der Waals surface area contributed by atoms with Gasteiger partial charge >= 0.3 is 0 Å². The Morgan fingerprint density at radius 2 is 1.44 bits per heavy atom. The molecule has 2 aromatic carbocycles. The first-order valence-electron chi connectivity index (χ1n) is 9.87. The molecule has 0 saturated carbocycles. The summed E-state index contributed by atoms with van der Waals surface area (Å²) < 4.78 is 0. The summed E-state index contributed by atoms with van der Waals surface area (Å²) in [6.07, 6.45) is 11.9. The topological polar surface area (TPSA) is 38.9 Å².